The molecule has 27 heavy (non-hydrogen) atoms. The largest absolute Gasteiger partial charge is 0.359 e. The van der Waals surface area contributed by atoms with Crippen molar-refractivity contribution in [2.45, 2.75) is 96.9 Å². The summed E-state index contributed by atoms with van der Waals surface area (Å²) in [4.78, 5) is 23.9. The van der Waals surface area contributed by atoms with Gasteiger partial charge in [-0.1, -0.05) is 78.1 Å². The Morgan fingerprint density at radius 3 is 2.15 bits per heavy atom. The minimum atomic E-state index is -0.173. The summed E-state index contributed by atoms with van der Waals surface area (Å²) in [5.41, 5.74) is 0.971. The van der Waals surface area contributed by atoms with Gasteiger partial charge < -0.3 is 9.88 Å². The van der Waals surface area contributed by atoms with Crippen molar-refractivity contribution < 1.29 is 0 Å². The van der Waals surface area contributed by atoms with Crippen LogP contribution in [-0.4, -0.2) is 26.6 Å². The minimum absolute atomic E-state index is 0.173. The van der Waals surface area contributed by atoms with E-state index >= 15 is 0 Å². The zero-order valence-electron chi connectivity index (χ0n) is 17.4. The monoisotopic (exact) mass is 375 g/mol. The molecule has 0 amide bonds. The maximum atomic E-state index is 12.2. The fraction of sp³-hybridized carbons (Fsp3) is 0.762. The maximum Gasteiger partial charge on any atom is 0.280 e. The predicted molar refractivity (Wildman–Crippen MR) is 113 cm³/mol. The number of hydrogen-bond donors (Lipinski definition) is 2. The molecular weight excluding hydrogens is 338 g/mol. The molecule has 0 fully saturated rings. The highest BCUT2D eigenvalue weighted by molar-refractivity contribution is 5.70. The van der Waals surface area contributed by atoms with Gasteiger partial charge in [-0.15, -0.1) is 0 Å². The standard InChI is InChI=1S/C21H37N5O/c1-4-6-8-10-12-14-17(15-13-11-9-7-5-2)26-16-23-18-19(26)24-21(22-3)25-20(18)27/h16-17H,4-15H2,1-3H3,(H2,22,24,25,27). The first-order valence-corrected chi connectivity index (χ1v) is 10.9. The van der Waals surface area contributed by atoms with E-state index in [1.807, 2.05) is 6.33 Å². The van der Waals surface area contributed by atoms with Crippen molar-refractivity contribution >= 4 is 17.1 Å². The van der Waals surface area contributed by atoms with Crippen LogP contribution in [0, 0.1) is 0 Å². The van der Waals surface area contributed by atoms with Gasteiger partial charge in [0.2, 0.25) is 5.95 Å². The summed E-state index contributed by atoms with van der Waals surface area (Å²) < 4.78 is 2.14. The maximum absolute atomic E-state index is 12.2. The third kappa shape index (κ3) is 6.36. The number of nitrogens with one attached hydrogen (secondary N) is 2. The molecule has 0 aliphatic heterocycles. The van der Waals surface area contributed by atoms with Crippen LogP contribution in [0.2, 0.25) is 0 Å². The zero-order valence-corrected chi connectivity index (χ0v) is 17.4. The first-order valence-electron chi connectivity index (χ1n) is 10.9. The van der Waals surface area contributed by atoms with E-state index in [0.29, 0.717) is 23.2 Å². The molecule has 0 unspecified atom stereocenters. The van der Waals surface area contributed by atoms with E-state index in [-0.39, 0.29) is 5.56 Å². The van der Waals surface area contributed by atoms with Crippen LogP contribution in [0.4, 0.5) is 5.95 Å². The predicted octanol–water partition coefficient (Wildman–Crippen LogP) is 5.42. The van der Waals surface area contributed by atoms with Gasteiger partial charge in [0.25, 0.3) is 5.56 Å². The highest BCUT2D eigenvalue weighted by Gasteiger charge is 2.17. The number of aromatic amines is 1. The Labute approximate surface area is 163 Å². The van der Waals surface area contributed by atoms with Crippen molar-refractivity contribution in [3.63, 3.8) is 0 Å². The van der Waals surface area contributed by atoms with E-state index < -0.39 is 0 Å². The zero-order chi connectivity index (χ0) is 19.5. The molecule has 0 aliphatic carbocycles. The van der Waals surface area contributed by atoms with E-state index in [4.69, 9.17) is 0 Å². The lowest BCUT2D eigenvalue weighted by Gasteiger charge is -2.19. The van der Waals surface area contributed by atoms with Gasteiger partial charge in [-0.25, -0.2) is 4.98 Å². The Bertz CT molecular complexity index is 707. The fourth-order valence-electron chi connectivity index (χ4n) is 3.70. The molecule has 2 N–H and O–H groups in total. The van der Waals surface area contributed by atoms with Crippen LogP contribution in [0.15, 0.2) is 11.1 Å². The third-order valence-electron chi connectivity index (χ3n) is 5.34. The van der Waals surface area contributed by atoms with Crippen LogP contribution in [0.25, 0.3) is 11.2 Å². The van der Waals surface area contributed by atoms with Gasteiger partial charge in [0.1, 0.15) is 0 Å². The molecule has 2 aromatic heterocycles. The van der Waals surface area contributed by atoms with Crippen molar-refractivity contribution in [1.29, 1.82) is 0 Å². The van der Waals surface area contributed by atoms with E-state index in [2.05, 4.69) is 38.7 Å². The summed E-state index contributed by atoms with van der Waals surface area (Å²) in [6, 6.07) is 0.372. The molecule has 6 heteroatoms. The summed E-state index contributed by atoms with van der Waals surface area (Å²) >= 11 is 0. The summed E-state index contributed by atoms with van der Waals surface area (Å²) in [6.07, 6.45) is 16.9. The molecule has 0 radical (unpaired) electrons. The summed E-state index contributed by atoms with van der Waals surface area (Å²) in [6.45, 7) is 4.50. The normalized spacial score (nSPS) is 11.6. The molecule has 6 nitrogen and oxygen atoms in total. The number of hydrogen-bond acceptors (Lipinski definition) is 4. The van der Waals surface area contributed by atoms with Crippen LogP contribution in [0.3, 0.4) is 0 Å². The smallest absolute Gasteiger partial charge is 0.280 e. The molecule has 0 aliphatic rings. The number of imidazole rings is 1. The summed E-state index contributed by atoms with van der Waals surface area (Å²) in [5, 5.41) is 2.94. The lowest BCUT2D eigenvalue weighted by Crippen LogP contribution is -2.14. The van der Waals surface area contributed by atoms with Crippen LogP contribution >= 0.6 is 0 Å². The van der Waals surface area contributed by atoms with Crippen molar-refractivity contribution in [2.75, 3.05) is 12.4 Å². The average molecular weight is 376 g/mol. The lowest BCUT2D eigenvalue weighted by atomic mass is 10.00. The molecule has 0 spiro atoms. The molecule has 2 rings (SSSR count). The van der Waals surface area contributed by atoms with Crippen LogP contribution < -0.4 is 10.9 Å². The number of nitrogens with zero attached hydrogens (tertiary/aromatic N) is 3. The summed E-state index contributed by atoms with van der Waals surface area (Å²) in [5.74, 6) is 0.499. The second kappa shape index (κ2) is 11.8. The van der Waals surface area contributed by atoms with Gasteiger partial charge in [-0.2, -0.15) is 4.98 Å². The van der Waals surface area contributed by atoms with Crippen molar-refractivity contribution in [2.24, 2.45) is 0 Å². The van der Waals surface area contributed by atoms with E-state index in [1.165, 1.54) is 64.2 Å². The SMILES string of the molecule is CCCCCCCC(CCCCCCC)n1cnc2c(=O)[nH]c(NC)nc21. The van der Waals surface area contributed by atoms with Crippen LogP contribution in [0.5, 0.6) is 0 Å². The Hall–Kier alpha value is -1.85. The van der Waals surface area contributed by atoms with E-state index in [9.17, 15) is 4.79 Å². The van der Waals surface area contributed by atoms with Gasteiger partial charge in [0, 0.05) is 13.1 Å². The molecule has 0 saturated heterocycles. The summed E-state index contributed by atoms with van der Waals surface area (Å²) in [7, 11) is 1.77. The Kier molecular flexibility index (Phi) is 9.36. The second-order valence-corrected chi connectivity index (χ2v) is 7.55. The van der Waals surface area contributed by atoms with Gasteiger partial charge in [-0.05, 0) is 12.8 Å². The highest BCUT2D eigenvalue weighted by Crippen LogP contribution is 2.26. The number of H-pyrrole nitrogens is 1. The van der Waals surface area contributed by atoms with E-state index in [1.54, 1.807) is 7.05 Å². The molecule has 0 saturated carbocycles. The molecule has 0 aromatic carbocycles. The Balaban J connectivity index is 2.11. The van der Waals surface area contributed by atoms with E-state index in [0.717, 1.165) is 12.8 Å². The van der Waals surface area contributed by atoms with Crippen molar-refractivity contribution in [3.05, 3.63) is 16.7 Å². The molecule has 152 valence electrons. The Morgan fingerprint density at radius 2 is 1.59 bits per heavy atom. The first-order chi connectivity index (χ1) is 13.2. The first kappa shape index (κ1) is 21.5. The Morgan fingerprint density at radius 1 is 1.00 bits per heavy atom. The number of fused-ring (bicyclic) bond motifs is 1. The third-order valence-corrected chi connectivity index (χ3v) is 5.34. The van der Waals surface area contributed by atoms with Gasteiger partial charge in [0.15, 0.2) is 11.2 Å². The van der Waals surface area contributed by atoms with Gasteiger partial charge in [-0.3, -0.25) is 9.78 Å². The quantitative estimate of drug-likeness (QED) is 0.432. The molecule has 2 aromatic rings. The minimum Gasteiger partial charge on any atom is -0.359 e. The second-order valence-electron chi connectivity index (χ2n) is 7.55. The van der Waals surface area contributed by atoms with Crippen molar-refractivity contribution in [3.8, 4) is 0 Å². The number of rotatable bonds is 14. The lowest BCUT2D eigenvalue weighted by molar-refractivity contribution is 0.400. The average Bonchev–Trinajstić information content (AvgIpc) is 3.10. The topological polar surface area (TPSA) is 75.6 Å². The molecular formula is C21H37N5O. The van der Waals surface area contributed by atoms with Gasteiger partial charge >= 0.3 is 0 Å². The fourth-order valence-corrected chi connectivity index (χ4v) is 3.70. The molecule has 0 atom stereocenters. The molecule has 2 heterocycles. The van der Waals surface area contributed by atoms with Crippen LogP contribution in [0.1, 0.15) is 96.9 Å². The number of unbranched alkanes of at least 4 members (excludes halogenated alkanes) is 8. The highest BCUT2D eigenvalue weighted by atomic mass is 16.1. The number of anilines is 1. The van der Waals surface area contributed by atoms with Gasteiger partial charge in [0.05, 0.1) is 6.33 Å². The van der Waals surface area contributed by atoms with Crippen LogP contribution in [-0.2, 0) is 0 Å². The molecule has 0 bridgehead atoms. The van der Waals surface area contributed by atoms with Crippen molar-refractivity contribution in [1.82, 2.24) is 19.5 Å². The number of aromatic nitrogens is 4.